The summed E-state index contributed by atoms with van der Waals surface area (Å²) in [6.07, 6.45) is 1.40. The summed E-state index contributed by atoms with van der Waals surface area (Å²) >= 11 is 0. The van der Waals surface area contributed by atoms with Crippen molar-refractivity contribution < 1.29 is 28.5 Å². The van der Waals surface area contributed by atoms with Crippen molar-refractivity contribution in [3.05, 3.63) is 90.6 Å². The van der Waals surface area contributed by atoms with Crippen LogP contribution in [0.25, 0.3) is 10.9 Å². The topological polar surface area (TPSA) is 79.2 Å². The van der Waals surface area contributed by atoms with Crippen molar-refractivity contribution in [3.63, 3.8) is 0 Å². The average molecular weight is 503 g/mol. The first-order valence-electron chi connectivity index (χ1n) is 12.1. The number of para-hydroxylation sites is 1. The van der Waals surface area contributed by atoms with Gasteiger partial charge in [-0.3, -0.25) is 9.69 Å². The lowest BCUT2D eigenvalue weighted by Crippen LogP contribution is -2.38. The number of fused-ring (bicyclic) bond motifs is 1. The van der Waals surface area contributed by atoms with Gasteiger partial charge in [0.1, 0.15) is 30.4 Å². The van der Waals surface area contributed by atoms with Crippen molar-refractivity contribution in [1.82, 2.24) is 9.47 Å². The number of methoxy groups -OCH3 is 1. The summed E-state index contributed by atoms with van der Waals surface area (Å²) in [6, 6.07) is 24.4. The minimum Gasteiger partial charge on any atom is -0.497 e. The Labute approximate surface area is 215 Å². The van der Waals surface area contributed by atoms with E-state index in [0.29, 0.717) is 18.1 Å². The SMILES string of the molecule is CCOC(=O)CN(Cc1ccc(OCCn2ccc3ccccc32)cc1)C(=O)Oc1ccc(OC)cc1. The Hall–Kier alpha value is -4.46. The van der Waals surface area contributed by atoms with Crippen molar-refractivity contribution in [2.75, 3.05) is 26.9 Å². The molecular weight excluding hydrogens is 472 g/mol. The molecule has 0 N–H and O–H groups in total. The predicted molar refractivity (Wildman–Crippen MR) is 140 cm³/mol. The number of carbonyl (C=O) groups excluding carboxylic acids is 2. The average Bonchev–Trinajstić information content (AvgIpc) is 3.33. The normalized spacial score (nSPS) is 10.6. The van der Waals surface area contributed by atoms with Gasteiger partial charge in [0.2, 0.25) is 0 Å². The van der Waals surface area contributed by atoms with E-state index in [2.05, 4.69) is 29.0 Å². The van der Waals surface area contributed by atoms with Gasteiger partial charge < -0.3 is 23.5 Å². The third-order valence-corrected chi connectivity index (χ3v) is 5.73. The number of nitrogens with zero attached hydrogens (tertiary/aromatic N) is 2. The maximum absolute atomic E-state index is 12.9. The molecule has 0 aliphatic heterocycles. The van der Waals surface area contributed by atoms with Gasteiger partial charge in [0.25, 0.3) is 0 Å². The van der Waals surface area contributed by atoms with Crippen molar-refractivity contribution >= 4 is 23.0 Å². The second kappa shape index (κ2) is 12.5. The molecule has 0 spiro atoms. The highest BCUT2D eigenvalue weighted by atomic mass is 16.6. The third kappa shape index (κ3) is 7.04. The van der Waals surface area contributed by atoms with Crippen LogP contribution in [0.5, 0.6) is 17.2 Å². The van der Waals surface area contributed by atoms with E-state index in [9.17, 15) is 9.59 Å². The number of amides is 1. The number of aromatic nitrogens is 1. The van der Waals surface area contributed by atoms with Gasteiger partial charge in [0, 0.05) is 18.3 Å². The molecular formula is C29H30N2O6. The van der Waals surface area contributed by atoms with Crippen molar-refractivity contribution in [3.8, 4) is 17.2 Å². The van der Waals surface area contributed by atoms with Gasteiger partial charge in [-0.1, -0.05) is 30.3 Å². The van der Waals surface area contributed by atoms with Crippen LogP contribution in [-0.4, -0.2) is 48.4 Å². The van der Waals surface area contributed by atoms with Crippen LogP contribution in [0, 0.1) is 0 Å². The molecule has 0 saturated heterocycles. The van der Waals surface area contributed by atoms with Crippen LogP contribution in [0.1, 0.15) is 12.5 Å². The van der Waals surface area contributed by atoms with Gasteiger partial charge in [-0.15, -0.1) is 0 Å². The maximum atomic E-state index is 12.9. The Morgan fingerprint density at radius 2 is 1.57 bits per heavy atom. The quantitative estimate of drug-likeness (QED) is 0.259. The molecule has 3 aromatic carbocycles. The lowest BCUT2D eigenvalue weighted by Gasteiger charge is -2.21. The van der Waals surface area contributed by atoms with Crippen LogP contribution in [0.15, 0.2) is 85.1 Å². The molecule has 192 valence electrons. The van der Waals surface area contributed by atoms with Crippen LogP contribution >= 0.6 is 0 Å². The van der Waals surface area contributed by atoms with Crippen LogP contribution in [0.2, 0.25) is 0 Å². The molecule has 1 heterocycles. The number of rotatable bonds is 11. The predicted octanol–water partition coefficient (Wildman–Crippen LogP) is 5.29. The van der Waals surface area contributed by atoms with Crippen LogP contribution in [0.4, 0.5) is 4.79 Å². The van der Waals surface area contributed by atoms with E-state index in [1.165, 1.54) is 15.8 Å². The number of benzene rings is 3. The molecule has 0 saturated carbocycles. The highest BCUT2D eigenvalue weighted by molar-refractivity contribution is 5.80. The summed E-state index contributed by atoms with van der Waals surface area (Å²) in [6.45, 7) is 3.12. The smallest absolute Gasteiger partial charge is 0.416 e. The summed E-state index contributed by atoms with van der Waals surface area (Å²) in [5, 5.41) is 1.20. The summed E-state index contributed by atoms with van der Waals surface area (Å²) in [7, 11) is 1.56. The highest BCUT2D eigenvalue weighted by Gasteiger charge is 2.21. The Morgan fingerprint density at radius 1 is 0.865 bits per heavy atom. The second-order valence-electron chi connectivity index (χ2n) is 8.26. The van der Waals surface area contributed by atoms with Crippen molar-refractivity contribution in [2.24, 2.45) is 0 Å². The highest BCUT2D eigenvalue weighted by Crippen LogP contribution is 2.20. The molecule has 0 bridgehead atoms. The largest absolute Gasteiger partial charge is 0.497 e. The van der Waals surface area contributed by atoms with Gasteiger partial charge in [-0.05, 0) is 66.4 Å². The lowest BCUT2D eigenvalue weighted by molar-refractivity contribution is -0.144. The molecule has 37 heavy (non-hydrogen) atoms. The lowest BCUT2D eigenvalue weighted by atomic mass is 10.2. The van der Waals surface area contributed by atoms with Crippen molar-refractivity contribution in [1.29, 1.82) is 0 Å². The maximum Gasteiger partial charge on any atom is 0.416 e. The first kappa shape index (κ1) is 25.6. The fourth-order valence-corrected chi connectivity index (χ4v) is 3.87. The molecule has 0 unspecified atom stereocenters. The van der Waals surface area contributed by atoms with Gasteiger partial charge in [-0.2, -0.15) is 0 Å². The molecule has 1 aromatic heterocycles. The van der Waals surface area contributed by atoms with E-state index in [-0.39, 0.29) is 19.7 Å². The first-order valence-corrected chi connectivity index (χ1v) is 12.1. The number of hydrogen-bond donors (Lipinski definition) is 0. The Bertz CT molecular complexity index is 1310. The second-order valence-corrected chi connectivity index (χ2v) is 8.26. The van der Waals surface area contributed by atoms with Crippen LogP contribution < -0.4 is 14.2 Å². The minimum atomic E-state index is -0.655. The van der Waals surface area contributed by atoms with Gasteiger partial charge in [-0.25, -0.2) is 4.79 Å². The summed E-state index contributed by atoms with van der Waals surface area (Å²) in [5.74, 6) is 1.20. The molecule has 8 nitrogen and oxygen atoms in total. The molecule has 0 radical (unpaired) electrons. The number of esters is 1. The Morgan fingerprint density at radius 3 is 2.30 bits per heavy atom. The fraction of sp³-hybridized carbons (Fsp3) is 0.241. The zero-order valence-corrected chi connectivity index (χ0v) is 21.0. The molecule has 0 fully saturated rings. The van der Waals surface area contributed by atoms with E-state index in [4.69, 9.17) is 18.9 Å². The van der Waals surface area contributed by atoms with Gasteiger partial charge in [0.15, 0.2) is 0 Å². The van der Waals surface area contributed by atoms with E-state index in [1.54, 1.807) is 38.3 Å². The fourth-order valence-electron chi connectivity index (χ4n) is 3.87. The van der Waals surface area contributed by atoms with E-state index in [0.717, 1.165) is 17.9 Å². The molecule has 4 aromatic rings. The molecule has 4 rings (SSSR count). The number of carbonyl (C=O) groups is 2. The van der Waals surface area contributed by atoms with Crippen molar-refractivity contribution in [2.45, 2.75) is 20.0 Å². The third-order valence-electron chi connectivity index (χ3n) is 5.73. The van der Waals surface area contributed by atoms with Gasteiger partial charge >= 0.3 is 12.1 Å². The first-order chi connectivity index (χ1) is 18.1. The summed E-state index contributed by atoms with van der Waals surface area (Å²) in [4.78, 5) is 26.3. The molecule has 0 atom stereocenters. The molecule has 8 heteroatoms. The molecule has 0 aliphatic carbocycles. The Kier molecular flexibility index (Phi) is 8.65. The number of ether oxygens (including phenoxy) is 4. The van der Waals surface area contributed by atoms with E-state index >= 15 is 0 Å². The summed E-state index contributed by atoms with van der Waals surface area (Å²) < 4.78 is 23.7. The van der Waals surface area contributed by atoms with Crippen LogP contribution in [-0.2, 0) is 22.6 Å². The number of hydrogen-bond acceptors (Lipinski definition) is 6. The molecule has 0 aliphatic rings. The van der Waals surface area contributed by atoms with Gasteiger partial charge in [0.05, 0.1) is 20.3 Å². The monoisotopic (exact) mass is 502 g/mol. The zero-order valence-electron chi connectivity index (χ0n) is 21.0. The zero-order chi connectivity index (χ0) is 26.0. The van der Waals surface area contributed by atoms with Crippen LogP contribution in [0.3, 0.4) is 0 Å². The summed E-state index contributed by atoms with van der Waals surface area (Å²) in [5.41, 5.74) is 1.99. The van der Waals surface area contributed by atoms with E-state index in [1.807, 2.05) is 36.4 Å². The standard InChI is InChI=1S/C29H30N2O6/c1-3-35-28(32)21-31(29(33)37-26-14-12-24(34-2)13-15-26)20-22-8-10-25(11-9-22)36-19-18-30-17-16-23-6-4-5-7-27(23)30/h4-17H,3,18-21H2,1-2H3. The Balaban J connectivity index is 1.35. The van der Waals surface area contributed by atoms with E-state index < -0.39 is 12.1 Å². The minimum absolute atomic E-state index is 0.170. The molecule has 1 amide bonds.